The van der Waals surface area contributed by atoms with Crippen LogP contribution in [0.15, 0.2) is 48.5 Å². The molecule has 122 valence electrons. The molecule has 2 N–H and O–H groups in total. The van der Waals surface area contributed by atoms with Crippen LogP contribution in [0.25, 0.3) is 0 Å². The number of benzene rings is 2. The minimum Gasteiger partial charge on any atom is -0.384 e. The molecule has 4 nitrogen and oxygen atoms in total. The smallest absolute Gasteiger partial charge is 0.254 e. The first-order valence-corrected chi connectivity index (χ1v) is 7.56. The van der Waals surface area contributed by atoms with Gasteiger partial charge in [0.05, 0.1) is 5.56 Å². The van der Waals surface area contributed by atoms with Gasteiger partial charge in [-0.25, -0.2) is 4.39 Å². The molecular weight excluding hydrogens is 293 g/mol. The molecule has 0 atom stereocenters. The van der Waals surface area contributed by atoms with Gasteiger partial charge in [0.2, 0.25) is 0 Å². The van der Waals surface area contributed by atoms with Crippen molar-refractivity contribution in [2.45, 2.75) is 6.54 Å². The third-order valence-corrected chi connectivity index (χ3v) is 3.41. The van der Waals surface area contributed by atoms with E-state index in [4.69, 9.17) is 0 Å². The molecule has 5 heteroatoms. The highest BCUT2D eigenvalue weighted by Gasteiger charge is 2.09. The summed E-state index contributed by atoms with van der Waals surface area (Å²) in [6.07, 6.45) is 0. The molecule has 2 aromatic rings. The lowest BCUT2D eigenvalue weighted by molar-refractivity contribution is 0.0947. The van der Waals surface area contributed by atoms with Crippen molar-refractivity contribution in [2.75, 3.05) is 32.5 Å². The van der Waals surface area contributed by atoms with Crippen LogP contribution in [0.1, 0.15) is 15.9 Å². The summed E-state index contributed by atoms with van der Waals surface area (Å²) < 4.78 is 13.5. The predicted molar refractivity (Wildman–Crippen MR) is 91.1 cm³/mol. The maximum Gasteiger partial charge on any atom is 0.254 e. The van der Waals surface area contributed by atoms with Gasteiger partial charge in [0.25, 0.3) is 5.91 Å². The Hall–Kier alpha value is -2.40. The molecule has 0 heterocycles. The van der Waals surface area contributed by atoms with Crippen LogP contribution in [0.3, 0.4) is 0 Å². The number of nitrogens with zero attached hydrogens (tertiary/aromatic N) is 1. The summed E-state index contributed by atoms with van der Waals surface area (Å²) in [6, 6.07) is 13.8. The molecule has 2 aromatic carbocycles. The van der Waals surface area contributed by atoms with E-state index in [1.165, 1.54) is 12.1 Å². The van der Waals surface area contributed by atoms with Crippen molar-refractivity contribution in [3.63, 3.8) is 0 Å². The third kappa shape index (κ3) is 5.38. The molecule has 0 spiro atoms. The first kappa shape index (κ1) is 17.0. The molecule has 0 bridgehead atoms. The van der Waals surface area contributed by atoms with Gasteiger partial charge in [0.1, 0.15) is 5.82 Å². The number of halogens is 1. The Morgan fingerprint density at radius 3 is 2.43 bits per heavy atom. The molecule has 23 heavy (non-hydrogen) atoms. The second-order valence-electron chi connectivity index (χ2n) is 5.59. The lowest BCUT2D eigenvalue weighted by atomic mass is 10.1. The van der Waals surface area contributed by atoms with Crippen molar-refractivity contribution >= 4 is 11.6 Å². The molecule has 2 rings (SSSR count). The standard InChI is InChI=1S/C18H22FN3O/c1-22(2)12-11-20-15-9-7-14(8-10-15)13-21-18(23)16-5-3-4-6-17(16)19/h3-10,20H,11-13H2,1-2H3,(H,21,23). The fraction of sp³-hybridized carbons (Fsp3) is 0.278. The van der Waals surface area contributed by atoms with Crippen molar-refractivity contribution in [1.29, 1.82) is 0 Å². The molecule has 0 fully saturated rings. The lowest BCUT2D eigenvalue weighted by Gasteiger charge is -2.12. The number of amides is 1. The minimum atomic E-state index is -0.509. The monoisotopic (exact) mass is 315 g/mol. The quantitative estimate of drug-likeness (QED) is 0.826. The number of anilines is 1. The van der Waals surface area contributed by atoms with Gasteiger partial charge >= 0.3 is 0 Å². The Balaban J connectivity index is 1.84. The lowest BCUT2D eigenvalue weighted by Crippen LogP contribution is -2.23. The molecule has 0 aliphatic rings. The largest absolute Gasteiger partial charge is 0.384 e. The number of carbonyl (C=O) groups is 1. The van der Waals surface area contributed by atoms with Gasteiger partial charge in [-0.1, -0.05) is 24.3 Å². The first-order chi connectivity index (χ1) is 11.1. The Labute approximate surface area is 136 Å². The van der Waals surface area contributed by atoms with E-state index in [0.717, 1.165) is 24.3 Å². The van der Waals surface area contributed by atoms with Crippen molar-refractivity contribution in [1.82, 2.24) is 10.2 Å². The maximum absolute atomic E-state index is 13.5. The van der Waals surface area contributed by atoms with Crippen LogP contribution in [-0.2, 0) is 6.54 Å². The van der Waals surface area contributed by atoms with Crippen molar-refractivity contribution < 1.29 is 9.18 Å². The number of nitrogens with one attached hydrogen (secondary N) is 2. The molecular formula is C18H22FN3O. The molecule has 0 aromatic heterocycles. The molecule has 0 aliphatic carbocycles. The van der Waals surface area contributed by atoms with Gasteiger partial charge < -0.3 is 15.5 Å². The van der Waals surface area contributed by atoms with Crippen LogP contribution >= 0.6 is 0 Å². The van der Waals surface area contributed by atoms with Crippen LogP contribution in [-0.4, -0.2) is 38.0 Å². The maximum atomic E-state index is 13.5. The van der Waals surface area contributed by atoms with Crippen LogP contribution in [0.2, 0.25) is 0 Å². The highest BCUT2D eigenvalue weighted by molar-refractivity contribution is 5.94. The third-order valence-electron chi connectivity index (χ3n) is 3.41. The van der Waals surface area contributed by atoms with Gasteiger partial charge in [-0.05, 0) is 43.9 Å². The number of hydrogen-bond donors (Lipinski definition) is 2. The number of likely N-dealkylation sites (N-methyl/N-ethyl adjacent to an activating group) is 1. The normalized spacial score (nSPS) is 10.6. The SMILES string of the molecule is CN(C)CCNc1ccc(CNC(=O)c2ccccc2F)cc1. The highest BCUT2D eigenvalue weighted by atomic mass is 19.1. The molecule has 0 radical (unpaired) electrons. The number of carbonyl (C=O) groups excluding carboxylic acids is 1. The van der Waals surface area contributed by atoms with Crippen molar-refractivity contribution in [3.8, 4) is 0 Å². The average Bonchev–Trinajstić information content (AvgIpc) is 2.54. The van der Waals surface area contributed by atoms with Gasteiger partial charge in [-0.15, -0.1) is 0 Å². The second-order valence-corrected chi connectivity index (χ2v) is 5.59. The summed E-state index contributed by atoms with van der Waals surface area (Å²) in [6.45, 7) is 2.20. The van der Waals surface area contributed by atoms with E-state index in [0.29, 0.717) is 6.54 Å². The summed E-state index contributed by atoms with van der Waals surface area (Å²) in [5.74, 6) is -0.915. The van der Waals surface area contributed by atoms with Crippen molar-refractivity contribution in [2.24, 2.45) is 0 Å². The van der Waals surface area contributed by atoms with E-state index in [2.05, 4.69) is 15.5 Å². The zero-order valence-electron chi connectivity index (χ0n) is 13.5. The molecule has 0 saturated carbocycles. The van der Waals surface area contributed by atoms with Crippen LogP contribution in [0, 0.1) is 5.82 Å². The topological polar surface area (TPSA) is 44.4 Å². The Morgan fingerprint density at radius 1 is 1.09 bits per heavy atom. The van der Waals surface area contributed by atoms with Gasteiger partial charge in [0, 0.05) is 25.3 Å². The summed E-state index contributed by atoms with van der Waals surface area (Å²) in [5.41, 5.74) is 2.07. The van der Waals surface area contributed by atoms with E-state index in [-0.39, 0.29) is 5.56 Å². The van der Waals surface area contributed by atoms with E-state index < -0.39 is 11.7 Å². The molecule has 0 aliphatic heterocycles. The molecule has 1 amide bonds. The zero-order chi connectivity index (χ0) is 16.7. The first-order valence-electron chi connectivity index (χ1n) is 7.56. The fourth-order valence-corrected chi connectivity index (χ4v) is 2.09. The van der Waals surface area contributed by atoms with Crippen LogP contribution in [0.5, 0.6) is 0 Å². The van der Waals surface area contributed by atoms with Gasteiger partial charge in [-0.3, -0.25) is 4.79 Å². The van der Waals surface area contributed by atoms with Gasteiger partial charge in [-0.2, -0.15) is 0 Å². The molecule has 0 unspecified atom stereocenters. The second kappa shape index (κ2) is 8.29. The number of rotatable bonds is 7. The summed E-state index contributed by atoms with van der Waals surface area (Å²) in [4.78, 5) is 14.1. The minimum absolute atomic E-state index is 0.0643. The van der Waals surface area contributed by atoms with Crippen LogP contribution in [0.4, 0.5) is 10.1 Å². The summed E-state index contributed by atoms with van der Waals surface area (Å²) in [5, 5.41) is 6.05. The van der Waals surface area contributed by atoms with Crippen molar-refractivity contribution in [3.05, 3.63) is 65.5 Å². The molecule has 0 saturated heterocycles. The number of hydrogen-bond acceptors (Lipinski definition) is 3. The van der Waals surface area contributed by atoms with E-state index in [1.54, 1.807) is 12.1 Å². The fourth-order valence-electron chi connectivity index (χ4n) is 2.09. The highest BCUT2D eigenvalue weighted by Crippen LogP contribution is 2.10. The van der Waals surface area contributed by atoms with Crippen LogP contribution < -0.4 is 10.6 Å². The zero-order valence-corrected chi connectivity index (χ0v) is 13.5. The van der Waals surface area contributed by atoms with Gasteiger partial charge in [0.15, 0.2) is 0 Å². The Bertz CT molecular complexity index is 641. The Kier molecular flexibility index (Phi) is 6.11. The predicted octanol–water partition coefficient (Wildman–Crippen LogP) is 2.73. The van der Waals surface area contributed by atoms with E-state index in [1.807, 2.05) is 38.4 Å². The van der Waals surface area contributed by atoms with E-state index >= 15 is 0 Å². The van der Waals surface area contributed by atoms with E-state index in [9.17, 15) is 9.18 Å². The Morgan fingerprint density at radius 2 is 1.78 bits per heavy atom. The summed E-state index contributed by atoms with van der Waals surface area (Å²) >= 11 is 0. The summed E-state index contributed by atoms with van der Waals surface area (Å²) in [7, 11) is 4.06. The average molecular weight is 315 g/mol.